The number of rotatable bonds is 1. The molecule has 1 aromatic heterocycles. The minimum absolute atomic E-state index is 0.0487. The van der Waals surface area contributed by atoms with E-state index in [2.05, 4.69) is 20.9 Å². The summed E-state index contributed by atoms with van der Waals surface area (Å²) in [6.07, 6.45) is 0.0836. The van der Waals surface area contributed by atoms with Crippen molar-refractivity contribution in [2.24, 2.45) is 0 Å². The molecule has 0 N–H and O–H groups in total. The largest absolute Gasteiger partial charge is 0.375 e. The van der Waals surface area contributed by atoms with Gasteiger partial charge in [-0.25, -0.2) is 0 Å². The third-order valence-electron chi connectivity index (χ3n) is 3.67. The van der Waals surface area contributed by atoms with Gasteiger partial charge in [-0.2, -0.15) is 0 Å². The van der Waals surface area contributed by atoms with Gasteiger partial charge in [-0.15, -0.1) is 0 Å². The zero-order valence-electron chi connectivity index (χ0n) is 12.1. The highest BCUT2D eigenvalue weighted by atomic mass is 79.9. The number of benzene rings is 1. The number of aromatic nitrogens is 1. The van der Waals surface area contributed by atoms with Crippen LogP contribution in [0.25, 0.3) is 10.9 Å². The highest BCUT2D eigenvalue weighted by molar-refractivity contribution is 9.10. The summed E-state index contributed by atoms with van der Waals surface area (Å²) in [7, 11) is 0. The maximum absolute atomic E-state index is 12.9. The van der Waals surface area contributed by atoms with E-state index in [-0.39, 0.29) is 12.0 Å². The van der Waals surface area contributed by atoms with E-state index in [1.807, 2.05) is 43.0 Å². The van der Waals surface area contributed by atoms with Crippen molar-refractivity contribution in [1.29, 1.82) is 0 Å². The van der Waals surface area contributed by atoms with E-state index in [4.69, 9.17) is 4.74 Å². The summed E-state index contributed by atoms with van der Waals surface area (Å²) in [5.41, 5.74) is 2.40. The standard InChI is InChI=1S/C16H17BrN2O2/c1-10-8-12(15-13(17)4-3-5-14(15)18-10)16(20)19-6-7-21-11(2)9-19/h3-5,8,11H,6-7,9H2,1-2H3. The number of morpholine rings is 1. The first-order valence-corrected chi connectivity index (χ1v) is 7.82. The van der Waals surface area contributed by atoms with Crippen LogP contribution in [-0.4, -0.2) is 41.6 Å². The molecule has 1 aromatic carbocycles. The lowest BCUT2D eigenvalue weighted by molar-refractivity contribution is -0.0123. The van der Waals surface area contributed by atoms with E-state index >= 15 is 0 Å². The molecule has 2 heterocycles. The van der Waals surface area contributed by atoms with Crippen LogP contribution in [0.3, 0.4) is 0 Å². The summed E-state index contributed by atoms with van der Waals surface area (Å²) < 4.78 is 6.41. The van der Waals surface area contributed by atoms with E-state index in [9.17, 15) is 4.79 Å². The molecule has 0 saturated carbocycles. The molecule has 0 spiro atoms. The zero-order valence-corrected chi connectivity index (χ0v) is 13.7. The second-order valence-electron chi connectivity index (χ2n) is 5.38. The molecule has 0 aliphatic carbocycles. The van der Waals surface area contributed by atoms with Gasteiger partial charge in [-0.3, -0.25) is 9.78 Å². The van der Waals surface area contributed by atoms with Gasteiger partial charge in [0.1, 0.15) is 0 Å². The Morgan fingerprint density at radius 1 is 1.48 bits per heavy atom. The molecule has 0 bridgehead atoms. The first-order valence-electron chi connectivity index (χ1n) is 7.03. The Balaban J connectivity index is 2.09. The van der Waals surface area contributed by atoms with Crippen LogP contribution in [-0.2, 0) is 4.74 Å². The molecule has 1 aliphatic heterocycles. The van der Waals surface area contributed by atoms with Gasteiger partial charge >= 0.3 is 0 Å². The van der Waals surface area contributed by atoms with Crippen molar-refractivity contribution in [1.82, 2.24) is 9.88 Å². The van der Waals surface area contributed by atoms with Crippen LogP contribution in [0.2, 0.25) is 0 Å². The average Bonchev–Trinajstić information content (AvgIpc) is 2.45. The van der Waals surface area contributed by atoms with Crippen LogP contribution in [0.1, 0.15) is 23.0 Å². The SMILES string of the molecule is Cc1cc(C(=O)N2CCOC(C)C2)c2c(Br)cccc2n1. The smallest absolute Gasteiger partial charge is 0.254 e. The number of carbonyl (C=O) groups excluding carboxylic acids is 1. The molecule has 1 amide bonds. The summed E-state index contributed by atoms with van der Waals surface area (Å²) in [6.45, 7) is 5.77. The maximum Gasteiger partial charge on any atom is 0.254 e. The van der Waals surface area contributed by atoms with Gasteiger partial charge in [-0.05, 0) is 32.0 Å². The first-order chi connectivity index (χ1) is 10.1. The van der Waals surface area contributed by atoms with Crippen molar-refractivity contribution in [3.8, 4) is 0 Å². The van der Waals surface area contributed by atoms with Crippen molar-refractivity contribution >= 4 is 32.7 Å². The Kier molecular flexibility index (Phi) is 3.95. The maximum atomic E-state index is 12.9. The van der Waals surface area contributed by atoms with Gasteiger partial charge in [0.15, 0.2) is 0 Å². The van der Waals surface area contributed by atoms with Gasteiger partial charge in [0.2, 0.25) is 0 Å². The predicted octanol–water partition coefficient (Wildman–Crippen LogP) is 3.17. The molecular weight excluding hydrogens is 332 g/mol. The van der Waals surface area contributed by atoms with E-state index in [1.165, 1.54) is 0 Å². The van der Waals surface area contributed by atoms with Crippen LogP contribution in [0, 0.1) is 6.92 Å². The van der Waals surface area contributed by atoms with Crippen molar-refractivity contribution in [3.63, 3.8) is 0 Å². The molecule has 1 saturated heterocycles. The van der Waals surface area contributed by atoms with Gasteiger partial charge in [0.05, 0.1) is 23.8 Å². The Morgan fingerprint density at radius 3 is 3.05 bits per heavy atom. The predicted molar refractivity (Wildman–Crippen MR) is 85.5 cm³/mol. The first kappa shape index (κ1) is 14.5. The normalized spacial score (nSPS) is 19.0. The highest BCUT2D eigenvalue weighted by Crippen LogP contribution is 2.28. The molecule has 2 aromatic rings. The van der Waals surface area contributed by atoms with Crippen molar-refractivity contribution in [2.45, 2.75) is 20.0 Å². The third-order valence-corrected chi connectivity index (χ3v) is 4.33. The molecule has 1 fully saturated rings. The number of aryl methyl sites for hydroxylation is 1. The highest BCUT2D eigenvalue weighted by Gasteiger charge is 2.24. The third kappa shape index (κ3) is 2.80. The fourth-order valence-corrected chi connectivity index (χ4v) is 3.29. The topological polar surface area (TPSA) is 42.4 Å². The minimum Gasteiger partial charge on any atom is -0.375 e. The van der Waals surface area contributed by atoms with E-state index in [0.717, 1.165) is 21.1 Å². The van der Waals surface area contributed by atoms with Crippen LogP contribution in [0.5, 0.6) is 0 Å². The summed E-state index contributed by atoms with van der Waals surface area (Å²) in [4.78, 5) is 19.3. The number of hydrogen-bond acceptors (Lipinski definition) is 3. The second-order valence-corrected chi connectivity index (χ2v) is 6.23. The number of ether oxygens (including phenoxy) is 1. The summed E-state index contributed by atoms with van der Waals surface area (Å²) in [5.74, 6) is 0.0487. The van der Waals surface area contributed by atoms with Gasteiger partial charge in [0, 0.05) is 28.6 Å². The number of fused-ring (bicyclic) bond motifs is 1. The molecule has 0 radical (unpaired) electrons. The van der Waals surface area contributed by atoms with E-state index in [1.54, 1.807) is 0 Å². The molecule has 1 aliphatic rings. The molecule has 5 heteroatoms. The van der Waals surface area contributed by atoms with Gasteiger partial charge in [0.25, 0.3) is 5.91 Å². The summed E-state index contributed by atoms with van der Waals surface area (Å²) in [5, 5.41) is 0.882. The molecule has 1 unspecified atom stereocenters. The minimum atomic E-state index is 0.0487. The number of nitrogens with zero attached hydrogens (tertiary/aromatic N) is 2. The van der Waals surface area contributed by atoms with Gasteiger partial charge < -0.3 is 9.64 Å². The van der Waals surface area contributed by atoms with Crippen LogP contribution >= 0.6 is 15.9 Å². The number of hydrogen-bond donors (Lipinski definition) is 0. The number of amides is 1. The molecule has 3 rings (SSSR count). The zero-order chi connectivity index (χ0) is 15.0. The fraction of sp³-hybridized carbons (Fsp3) is 0.375. The molecule has 21 heavy (non-hydrogen) atoms. The number of halogens is 1. The van der Waals surface area contributed by atoms with Crippen LogP contribution in [0.4, 0.5) is 0 Å². The molecule has 4 nitrogen and oxygen atoms in total. The Labute approximate surface area is 132 Å². The molecule has 1 atom stereocenters. The van der Waals surface area contributed by atoms with E-state index < -0.39 is 0 Å². The second kappa shape index (κ2) is 5.73. The van der Waals surface area contributed by atoms with Crippen molar-refractivity contribution < 1.29 is 9.53 Å². The summed E-state index contributed by atoms with van der Waals surface area (Å²) in [6, 6.07) is 7.68. The van der Waals surface area contributed by atoms with E-state index in [0.29, 0.717) is 25.3 Å². The molecule has 110 valence electrons. The fourth-order valence-electron chi connectivity index (χ4n) is 2.72. The van der Waals surface area contributed by atoms with Crippen molar-refractivity contribution in [3.05, 3.63) is 40.0 Å². The Morgan fingerprint density at radius 2 is 2.29 bits per heavy atom. The van der Waals surface area contributed by atoms with Crippen LogP contribution < -0.4 is 0 Å². The summed E-state index contributed by atoms with van der Waals surface area (Å²) >= 11 is 3.54. The lowest BCUT2D eigenvalue weighted by atomic mass is 10.1. The Bertz CT molecular complexity index is 702. The van der Waals surface area contributed by atoms with Gasteiger partial charge in [-0.1, -0.05) is 22.0 Å². The Hall–Kier alpha value is -1.46. The quantitative estimate of drug-likeness (QED) is 0.794. The van der Waals surface area contributed by atoms with Crippen LogP contribution in [0.15, 0.2) is 28.7 Å². The number of carbonyl (C=O) groups is 1. The molecular formula is C16H17BrN2O2. The monoisotopic (exact) mass is 348 g/mol. The van der Waals surface area contributed by atoms with Crippen molar-refractivity contribution in [2.75, 3.05) is 19.7 Å². The average molecular weight is 349 g/mol. The number of pyridine rings is 1. The lowest BCUT2D eigenvalue weighted by Gasteiger charge is -2.31. The lowest BCUT2D eigenvalue weighted by Crippen LogP contribution is -2.44.